The zero-order valence-corrected chi connectivity index (χ0v) is 74.1. The molecule has 702 valence electrons. The number of likely N-dealkylation sites (tertiary alicyclic amines) is 4. The van der Waals surface area contributed by atoms with Gasteiger partial charge in [-0.1, -0.05) is 114 Å². The van der Waals surface area contributed by atoms with Gasteiger partial charge >= 0.3 is 48.0 Å². The second-order valence-electron chi connectivity index (χ2n) is 32.1. The minimum atomic E-state index is -1.92. The molecule has 4 saturated heterocycles. The lowest BCUT2D eigenvalue weighted by Crippen LogP contribution is -2.58. The maximum Gasteiger partial charge on any atom is 0.407 e. The molecular formula is C89H107N13O26S3. The van der Waals surface area contributed by atoms with Crippen LogP contribution in [-0.4, -0.2) is 287 Å². The van der Waals surface area contributed by atoms with Crippen LogP contribution in [0.3, 0.4) is 0 Å². The summed E-state index contributed by atoms with van der Waals surface area (Å²) in [5.74, 6) is -16.3. The molecular weight excluding hydrogens is 1760 g/mol. The van der Waals surface area contributed by atoms with Crippen molar-refractivity contribution in [1.29, 1.82) is 0 Å². The fourth-order valence-electron chi connectivity index (χ4n) is 17.0. The summed E-state index contributed by atoms with van der Waals surface area (Å²) in [6.45, 7) is 1.42. The molecule has 39 nitrogen and oxygen atoms in total. The first kappa shape index (κ1) is 100. The quantitative estimate of drug-likeness (QED) is 0.0140. The van der Waals surface area contributed by atoms with E-state index in [2.05, 4.69) is 49.5 Å². The van der Waals surface area contributed by atoms with Crippen molar-refractivity contribution in [3.8, 4) is 22.3 Å². The summed E-state index contributed by atoms with van der Waals surface area (Å²) in [5.41, 5.74) is 8.63. The number of amides is 12. The smallest absolute Gasteiger partial charge is 0.407 e. The topological polar surface area (TPSA) is 569 Å². The number of aliphatic carboxylic acids is 6. The summed E-state index contributed by atoms with van der Waals surface area (Å²) < 4.78 is 11.3. The van der Waals surface area contributed by atoms with E-state index in [1.54, 1.807) is 12.3 Å². The van der Waals surface area contributed by atoms with Gasteiger partial charge in [0.15, 0.2) is 0 Å². The summed E-state index contributed by atoms with van der Waals surface area (Å²) in [7, 11) is 2.89. The number of carboxylic acid groups (broad SMARTS) is 6. The number of nitrogens with one attached hydrogen (secondary N) is 8. The number of carbonyl (C=O) groups excluding carboxylic acids is 12. The molecule has 5 heterocycles. The largest absolute Gasteiger partial charge is 0.481 e. The number of nitrogens with zero attached hydrogens (tertiary/aromatic N) is 5. The summed E-state index contributed by atoms with van der Waals surface area (Å²) in [5, 5.41) is 76.3. The lowest BCUT2D eigenvalue weighted by Gasteiger charge is -2.31. The second kappa shape index (κ2) is 49.2. The van der Waals surface area contributed by atoms with Crippen molar-refractivity contribution in [1.82, 2.24) is 67.1 Å². The Balaban J connectivity index is 0.000000274. The van der Waals surface area contributed by atoms with E-state index in [4.69, 9.17) is 19.7 Å². The number of alkyl carbamates (subject to hydrolysis) is 2. The van der Waals surface area contributed by atoms with Crippen LogP contribution in [0, 0.1) is 0 Å². The Hall–Kier alpha value is -12.9. The first-order chi connectivity index (χ1) is 62.9. The highest BCUT2D eigenvalue weighted by molar-refractivity contribution is 8.76. The second-order valence-corrected chi connectivity index (χ2v) is 35.0. The molecule has 2 aliphatic carbocycles. The zero-order chi connectivity index (χ0) is 94.4. The van der Waals surface area contributed by atoms with Gasteiger partial charge in [-0.25, -0.2) is 24.2 Å². The van der Waals surface area contributed by atoms with E-state index < -0.39 is 181 Å². The van der Waals surface area contributed by atoms with Gasteiger partial charge in [0, 0.05) is 75.9 Å². The van der Waals surface area contributed by atoms with Crippen LogP contribution in [0.1, 0.15) is 163 Å². The van der Waals surface area contributed by atoms with Gasteiger partial charge in [-0.3, -0.25) is 67.1 Å². The molecule has 42 heteroatoms. The fourth-order valence-corrected chi connectivity index (χ4v) is 19.0. The number of carbonyl (C=O) groups is 18. The van der Waals surface area contributed by atoms with Crippen molar-refractivity contribution in [3.05, 3.63) is 144 Å². The molecule has 131 heavy (non-hydrogen) atoms. The van der Waals surface area contributed by atoms with E-state index in [0.29, 0.717) is 83.1 Å². The van der Waals surface area contributed by atoms with E-state index in [1.165, 1.54) is 41.2 Å². The summed E-state index contributed by atoms with van der Waals surface area (Å²) in [6, 6.07) is 23.3. The number of thiol groups is 1. The van der Waals surface area contributed by atoms with Gasteiger partial charge < -0.3 is 102 Å². The minimum absolute atomic E-state index is 0.0599. The first-order valence-corrected chi connectivity index (χ1v) is 46.2. The van der Waals surface area contributed by atoms with Crippen LogP contribution in [0.15, 0.2) is 126 Å². The zero-order valence-electron chi connectivity index (χ0n) is 71.5. The molecule has 0 spiro atoms. The Morgan fingerprint density at radius 1 is 0.397 bits per heavy atom. The number of carboxylic acids is 6. The highest BCUT2D eigenvalue weighted by atomic mass is 33.1. The number of ether oxygens (including phenoxy) is 2. The number of fused-ring (bicyclic) bond motifs is 6. The number of unbranched alkanes of at least 4 members (excludes halogenated alkanes) is 2. The average molecular weight is 1870 g/mol. The third kappa shape index (κ3) is 28.1. The summed E-state index contributed by atoms with van der Waals surface area (Å²) in [4.78, 5) is 240. The highest BCUT2D eigenvalue weighted by Crippen LogP contribution is 2.46. The van der Waals surface area contributed by atoms with Gasteiger partial charge in [-0.05, 0) is 163 Å². The highest BCUT2D eigenvalue weighted by Gasteiger charge is 2.45. The average Bonchev–Trinajstić information content (AvgIpc) is 1.62. The Morgan fingerprint density at radius 2 is 0.725 bits per heavy atom. The van der Waals surface area contributed by atoms with Crippen molar-refractivity contribution in [2.45, 2.75) is 206 Å². The number of aromatic nitrogens is 1. The molecule has 0 radical (unpaired) electrons. The van der Waals surface area contributed by atoms with Crippen LogP contribution in [0.4, 0.5) is 9.59 Å². The standard InChI is InChI=1S/C47H55N7O13S2.C42H52N6O13S/c55-39(19-24-68-69-38-18-6-8-20-48-38)53-22-9-16-36(53)43(61)50-33(15-5-7-21-49-47(66)67-27-32-30-13-3-1-11-28(30)29-12-2-4-14-31(29)32)45(63)54-23-10-17-37(54)44(62)51-34(25-40(56)57)42(60)52-35(46(64)65)26-41(58)59;49-34(16-20-62)47-18-7-14-32(47)38(55)44-29(13-5-6-17-43-42(60)61-23-28-26-11-3-1-9-24(26)25-10-2-4-12-27(25)28)40(57)48-19-8-15-33(48)39(56)45-30(21-35(50)51)37(54)46-31(41(58)59)22-36(52)53/h1-4,6,8,11-14,18,20,32-37H,5,7,9-10,15-17,19,21-27H2,(H,49,66)(H,50,61)(H,51,62)(H,52,60)(H,56,57)(H,58,59)(H,64,65);1-4,9-12,28-33,62H,5-8,13-23H2,(H,43,60)(H,44,55)(H,45,56)(H,46,54)(H,50,51)(H,52,53)(H,58,59). The maximum atomic E-state index is 14.5. The Morgan fingerprint density at radius 3 is 1.07 bits per heavy atom. The van der Waals surface area contributed by atoms with Crippen LogP contribution < -0.4 is 42.5 Å². The SMILES string of the molecule is O=C(O)CC(NC(=O)C(CC(=O)O)NC(=O)C1CCCN1C(=O)C(CCCCNC(=O)OCC1c2ccccc2-c2ccccc21)NC(=O)C1CCCN1C(=O)CCS)C(=O)O.O=C(O)CC(NC(=O)C(CC(=O)O)NC(=O)C1CCCN1C(=O)C(CCCCNC(=O)OCC1c2ccccc2-c2ccccc21)NC(=O)C1CCCN1C(=O)CCSSc1ccccn1)C(=O)O. The van der Waals surface area contributed by atoms with Gasteiger partial charge in [-0.15, -0.1) is 0 Å². The molecule has 5 aromatic rings. The molecule has 11 rings (SSSR count). The van der Waals surface area contributed by atoms with E-state index in [0.717, 1.165) is 49.5 Å². The Bertz CT molecular complexity index is 4920. The van der Waals surface area contributed by atoms with Crippen LogP contribution in [-0.2, 0) is 86.2 Å². The molecule has 4 fully saturated rings. The van der Waals surface area contributed by atoms with Crippen molar-refractivity contribution in [2.24, 2.45) is 0 Å². The van der Waals surface area contributed by atoms with Crippen LogP contribution in [0.2, 0.25) is 0 Å². The monoisotopic (exact) mass is 1870 g/mol. The molecule has 12 amide bonds. The van der Waals surface area contributed by atoms with Gasteiger partial charge in [0.1, 0.15) is 78.7 Å². The molecule has 4 aliphatic heterocycles. The maximum absolute atomic E-state index is 14.5. The number of benzene rings is 4. The van der Waals surface area contributed by atoms with Crippen molar-refractivity contribution in [2.75, 3.05) is 64.0 Å². The molecule has 10 unspecified atom stereocenters. The summed E-state index contributed by atoms with van der Waals surface area (Å²) in [6.07, 6.45) is 0.918. The normalized spacial score (nSPS) is 17.7. The predicted molar refractivity (Wildman–Crippen MR) is 474 cm³/mol. The lowest BCUT2D eigenvalue weighted by molar-refractivity contribution is -0.148. The van der Waals surface area contributed by atoms with Gasteiger partial charge in [-0.2, -0.15) is 12.6 Å². The first-order valence-electron chi connectivity index (χ1n) is 43.3. The van der Waals surface area contributed by atoms with Crippen LogP contribution >= 0.6 is 34.2 Å². The number of rotatable bonds is 45. The molecule has 14 N–H and O–H groups in total. The minimum Gasteiger partial charge on any atom is -0.481 e. The predicted octanol–water partition coefficient (Wildman–Crippen LogP) is 4.88. The number of pyridine rings is 1. The van der Waals surface area contributed by atoms with E-state index >= 15 is 0 Å². The van der Waals surface area contributed by atoms with Crippen LogP contribution in [0.5, 0.6) is 0 Å². The third-order valence-corrected chi connectivity index (χ3v) is 25.7. The Labute approximate surface area is 766 Å². The van der Waals surface area contributed by atoms with Crippen LogP contribution in [0.25, 0.3) is 22.3 Å². The van der Waals surface area contributed by atoms with E-state index in [1.807, 2.05) is 120 Å². The molecule has 0 saturated carbocycles. The molecule has 4 aromatic carbocycles. The van der Waals surface area contributed by atoms with Crippen molar-refractivity contribution < 1.29 is 126 Å². The van der Waals surface area contributed by atoms with E-state index in [-0.39, 0.29) is 107 Å². The molecule has 6 aliphatic rings. The van der Waals surface area contributed by atoms with Crippen molar-refractivity contribution in [3.63, 3.8) is 0 Å². The molecule has 10 atom stereocenters. The fraction of sp³-hybridized carbons (Fsp3) is 0.472. The third-order valence-electron chi connectivity index (χ3n) is 23.2. The number of hydrogen-bond donors (Lipinski definition) is 15. The van der Waals surface area contributed by atoms with E-state index in [9.17, 15) is 107 Å². The van der Waals surface area contributed by atoms with Gasteiger partial charge in [0.05, 0.1) is 25.7 Å². The Kier molecular flexibility index (Phi) is 37.7. The lowest BCUT2D eigenvalue weighted by atomic mass is 9.98. The molecule has 1 aromatic heterocycles. The van der Waals surface area contributed by atoms with Gasteiger partial charge in [0.25, 0.3) is 0 Å². The van der Waals surface area contributed by atoms with Gasteiger partial charge in [0.2, 0.25) is 59.1 Å². The molecule has 0 bridgehead atoms. The number of hydrogen-bond acceptors (Lipinski definition) is 24. The summed E-state index contributed by atoms with van der Waals surface area (Å²) >= 11 is 4.13. The van der Waals surface area contributed by atoms with Crippen molar-refractivity contribution >= 4 is 141 Å².